The molecule has 0 aliphatic carbocycles. The molecule has 0 aliphatic rings. The third kappa shape index (κ3) is 6.75. The lowest BCUT2D eigenvalue weighted by Gasteiger charge is -2.01. The fraction of sp³-hybridized carbons (Fsp3) is 0. The maximum atomic E-state index is 8.79. The van der Waals surface area contributed by atoms with E-state index in [-0.39, 0.29) is 5.66 Å². The Labute approximate surface area is 276 Å². The molecule has 216 valence electrons. The van der Waals surface area contributed by atoms with Gasteiger partial charge in [0, 0.05) is 43.1 Å². The highest BCUT2D eigenvalue weighted by Crippen LogP contribution is 2.31. The van der Waals surface area contributed by atoms with Crippen LogP contribution in [0.3, 0.4) is 0 Å². The molecule has 0 radical (unpaired) electrons. The number of rotatable bonds is 2. The minimum atomic E-state index is -1.53. The Morgan fingerprint density at radius 1 is 0.614 bits per heavy atom. The van der Waals surface area contributed by atoms with E-state index in [9.17, 15) is 0 Å². The van der Waals surface area contributed by atoms with Crippen molar-refractivity contribution in [2.75, 3.05) is 0 Å². The second-order valence-corrected chi connectivity index (χ2v) is 11.7. The lowest BCUT2D eigenvalue weighted by Crippen LogP contribution is -2.27. The zero-order chi connectivity index (χ0) is 30.6. The Morgan fingerprint density at radius 2 is 1.18 bits per heavy atom. The summed E-state index contributed by atoms with van der Waals surface area (Å²) in [5.74, 6) is 0.842. The van der Waals surface area contributed by atoms with Crippen LogP contribution < -0.4 is 5.66 Å². The van der Waals surface area contributed by atoms with Gasteiger partial charge >= 0.3 is 7.12 Å². The summed E-state index contributed by atoms with van der Waals surface area (Å²) in [7, 11) is -1.53. The molecule has 4 heterocycles. The third-order valence-corrected chi connectivity index (χ3v) is 8.08. The monoisotopic (exact) mass is 730 g/mol. The molecule has 0 saturated carbocycles. The van der Waals surface area contributed by atoms with Crippen LogP contribution in [-0.2, 0) is 0 Å². The van der Waals surface area contributed by atoms with Crippen LogP contribution in [0.5, 0.6) is 0 Å². The van der Waals surface area contributed by atoms with Gasteiger partial charge in [-0.3, -0.25) is 9.97 Å². The fourth-order valence-electron chi connectivity index (χ4n) is 4.61. The normalized spacial score (nSPS) is 10.8. The summed E-state index contributed by atoms with van der Waals surface area (Å²) in [4.78, 5) is 8.57. The molecule has 0 amide bonds. The van der Waals surface area contributed by atoms with Crippen LogP contribution in [0, 0.1) is 3.57 Å². The van der Waals surface area contributed by atoms with E-state index in [4.69, 9.17) is 42.1 Å². The number of hydrogen-bond donors (Lipinski definition) is 2. The number of fused-ring (bicyclic) bond motifs is 4. The molecule has 6 nitrogen and oxygen atoms in total. The predicted octanol–water partition coefficient (Wildman–Crippen LogP) is 8.91. The van der Waals surface area contributed by atoms with E-state index in [0.717, 1.165) is 54.5 Å². The molecule has 10 heteroatoms. The molecule has 44 heavy (non-hydrogen) atoms. The second kappa shape index (κ2) is 13.4. The van der Waals surface area contributed by atoms with E-state index in [1.165, 1.54) is 3.57 Å². The van der Waals surface area contributed by atoms with Crippen molar-refractivity contribution in [2.45, 2.75) is 0 Å². The van der Waals surface area contributed by atoms with Gasteiger partial charge in [0.15, 0.2) is 0 Å². The summed E-state index contributed by atoms with van der Waals surface area (Å²) < 4.78 is 12.2. The molecule has 8 rings (SSSR count). The molecule has 4 aromatic heterocycles. The quantitative estimate of drug-likeness (QED) is 0.136. The van der Waals surface area contributed by atoms with Crippen molar-refractivity contribution >= 4 is 102 Å². The molecule has 4 aromatic carbocycles. The van der Waals surface area contributed by atoms with Gasteiger partial charge in [0.25, 0.3) is 0 Å². The first kappa shape index (κ1) is 30.1. The molecule has 0 atom stereocenters. The van der Waals surface area contributed by atoms with Gasteiger partial charge in [-0.25, -0.2) is 0 Å². The Bertz CT molecular complexity index is 2170. The molecule has 0 unspecified atom stereocenters. The molecule has 0 fully saturated rings. The first-order chi connectivity index (χ1) is 21.4. The Morgan fingerprint density at radius 3 is 1.80 bits per heavy atom. The van der Waals surface area contributed by atoms with Gasteiger partial charge < -0.3 is 18.9 Å². The van der Waals surface area contributed by atoms with Crippen molar-refractivity contribution in [1.82, 2.24) is 9.97 Å². The number of para-hydroxylation sites is 2. The molecule has 8 aromatic rings. The van der Waals surface area contributed by atoms with Gasteiger partial charge in [-0.05, 0) is 77.2 Å². The largest absolute Gasteiger partial charge is 0.526 e. The molecule has 0 bridgehead atoms. The summed E-state index contributed by atoms with van der Waals surface area (Å²) >= 11 is 14.4. The van der Waals surface area contributed by atoms with Gasteiger partial charge in [-0.1, -0.05) is 77.8 Å². The maximum Gasteiger partial charge on any atom is 0.526 e. The molecule has 0 aliphatic heterocycles. The van der Waals surface area contributed by atoms with Gasteiger partial charge in [0.05, 0.1) is 21.1 Å². The third-order valence-electron chi connectivity index (χ3n) is 6.75. The van der Waals surface area contributed by atoms with Gasteiger partial charge in [0.2, 0.25) is 0 Å². The molecule has 2 N–H and O–H groups in total. The van der Waals surface area contributed by atoms with Crippen LogP contribution in [0.4, 0.5) is 0 Å². The average molecular weight is 731 g/mol. The van der Waals surface area contributed by atoms with Crippen LogP contribution in [0.1, 0.15) is 0 Å². The Balaban J connectivity index is 0.000000124. The molecular weight excluding hydrogens is 709 g/mol. The summed E-state index contributed by atoms with van der Waals surface area (Å²) in [5, 5.41) is 23.0. The van der Waals surface area contributed by atoms with E-state index < -0.39 is 7.12 Å². The lowest BCUT2D eigenvalue weighted by atomic mass is 9.88. The number of pyridine rings is 2. The molecule has 0 spiro atoms. The van der Waals surface area contributed by atoms with Gasteiger partial charge in [-0.2, -0.15) is 0 Å². The van der Waals surface area contributed by atoms with Crippen molar-refractivity contribution in [3.63, 3.8) is 0 Å². The van der Waals surface area contributed by atoms with Crippen LogP contribution >= 0.6 is 45.8 Å². The van der Waals surface area contributed by atoms with Crippen molar-refractivity contribution < 1.29 is 18.9 Å². The Hall–Kier alpha value is -3.93. The minimum absolute atomic E-state index is 0.177. The highest BCUT2D eigenvalue weighted by molar-refractivity contribution is 14.1. The van der Waals surface area contributed by atoms with Crippen molar-refractivity contribution in [3.05, 3.63) is 135 Å². The van der Waals surface area contributed by atoms with E-state index >= 15 is 0 Å². The SMILES string of the molecule is Clc1ccnc2cc(-c3cc4ccccc4o3)ccc12.Clc1ccnc2cc(I)ccc12.OB(O)c1cc2ccccc2o1. The number of nitrogens with zero attached hydrogens (tertiary/aromatic N) is 2. The molecular formula is C34H22BCl2IN2O4. The predicted molar refractivity (Wildman–Crippen MR) is 187 cm³/mol. The minimum Gasteiger partial charge on any atom is -0.465 e. The van der Waals surface area contributed by atoms with Crippen LogP contribution in [-0.4, -0.2) is 27.1 Å². The number of aromatic nitrogens is 2. The topological polar surface area (TPSA) is 92.5 Å². The number of hydrogen-bond acceptors (Lipinski definition) is 6. The first-order valence-electron chi connectivity index (χ1n) is 13.4. The Kier molecular flexibility index (Phi) is 9.16. The number of furan rings is 2. The zero-order valence-corrected chi connectivity index (χ0v) is 26.5. The van der Waals surface area contributed by atoms with E-state index in [1.807, 2.05) is 84.9 Å². The number of halogens is 3. The zero-order valence-electron chi connectivity index (χ0n) is 22.9. The van der Waals surface area contributed by atoms with Crippen molar-refractivity contribution in [2.24, 2.45) is 0 Å². The highest BCUT2D eigenvalue weighted by Gasteiger charge is 2.16. The summed E-state index contributed by atoms with van der Waals surface area (Å²) in [6.45, 7) is 0. The van der Waals surface area contributed by atoms with Crippen LogP contribution in [0.15, 0.2) is 130 Å². The van der Waals surface area contributed by atoms with Crippen LogP contribution in [0.25, 0.3) is 55.1 Å². The van der Waals surface area contributed by atoms with E-state index in [2.05, 4.69) is 32.6 Å². The van der Waals surface area contributed by atoms with Gasteiger partial charge in [-0.15, -0.1) is 0 Å². The standard InChI is InChI=1S/C17H10ClNO.C9H5ClIN.C8H7BO3/c18-14-7-8-19-15-9-12(5-6-13(14)15)17-10-11-3-1-2-4-16(11)20-17;10-8-3-4-12-9-5-6(11)1-2-7(8)9;10-9(11)8-5-6-3-1-2-4-7(6)12-8/h1-10H;1-5H;1-5,10-11H. The fourth-order valence-corrected chi connectivity index (χ4v) is 5.51. The van der Waals surface area contributed by atoms with Gasteiger partial charge in [0.1, 0.15) is 22.6 Å². The van der Waals surface area contributed by atoms with E-state index in [1.54, 1.807) is 36.7 Å². The smallest absolute Gasteiger partial charge is 0.465 e. The summed E-state index contributed by atoms with van der Waals surface area (Å²) in [5.41, 5.74) is 4.56. The average Bonchev–Trinajstić information content (AvgIpc) is 3.67. The van der Waals surface area contributed by atoms with E-state index in [0.29, 0.717) is 10.6 Å². The number of benzene rings is 4. The summed E-state index contributed by atoms with van der Waals surface area (Å²) in [6.07, 6.45) is 3.44. The van der Waals surface area contributed by atoms with Crippen LogP contribution in [0.2, 0.25) is 10.0 Å². The van der Waals surface area contributed by atoms with Crippen molar-refractivity contribution in [1.29, 1.82) is 0 Å². The molecule has 0 saturated heterocycles. The highest BCUT2D eigenvalue weighted by atomic mass is 127. The van der Waals surface area contributed by atoms with Crippen molar-refractivity contribution in [3.8, 4) is 11.3 Å². The first-order valence-corrected chi connectivity index (χ1v) is 15.3. The lowest BCUT2D eigenvalue weighted by molar-refractivity contribution is 0.412. The second-order valence-electron chi connectivity index (χ2n) is 9.69. The summed E-state index contributed by atoms with van der Waals surface area (Å²) in [6, 6.07) is 34.6. The maximum absolute atomic E-state index is 8.79.